The van der Waals surface area contributed by atoms with Gasteiger partial charge in [-0.05, 0) is 46.1 Å². The van der Waals surface area contributed by atoms with E-state index in [1.54, 1.807) is 0 Å². The molecule has 0 bridgehead atoms. The smallest absolute Gasteiger partial charge is 0.0337 e. The molecule has 0 aromatic rings. The second kappa shape index (κ2) is 4.06. The van der Waals surface area contributed by atoms with Crippen molar-refractivity contribution < 1.29 is 0 Å². The second-order valence-electron chi connectivity index (χ2n) is 6.06. The highest BCUT2D eigenvalue weighted by Crippen LogP contribution is 2.41. The third-order valence-corrected chi connectivity index (χ3v) is 4.64. The molecule has 2 heteroatoms. The lowest BCUT2D eigenvalue weighted by Gasteiger charge is -2.50. The van der Waals surface area contributed by atoms with Gasteiger partial charge in [0.05, 0.1) is 0 Å². The minimum absolute atomic E-state index is 0.345. The molecular weight excluding hydrogens is 184 g/mol. The highest BCUT2D eigenvalue weighted by molar-refractivity contribution is 5.02. The van der Waals surface area contributed by atoms with Crippen molar-refractivity contribution in [2.75, 3.05) is 13.1 Å². The number of nitrogens with zero attached hydrogens (tertiary/aromatic N) is 1. The number of nitrogens with two attached hydrogens (primary N) is 1. The van der Waals surface area contributed by atoms with Crippen molar-refractivity contribution in [3.05, 3.63) is 0 Å². The van der Waals surface area contributed by atoms with Gasteiger partial charge in [-0.2, -0.15) is 0 Å². The van der Waals surface area contributed by atoms with Gasteiger partial charge in [-0.15, -0.1) is 0 Å². The maximum atomic E-state index is 6.10. The zero-order chi connectivity index (χ0) is 10.9. The Labute approximate surface area is 94.2 Å². The minimum atomic E-state index is 0.345. The van der Waals surface area contributed by atoms with Crippen LogP contribution in [0.4, 0.5) is 0 Å². The number of hydrogen-bond donors (Lipinski definition) is 1. The zero-order valence-electron chi connectivity index (χ0n) is 10.4. The van der Waals surface area contributed by atoms with Gasteiger partial charge in [-0.1, -0.05) is 19.3 Å². The average Bonchev–Trinajstić information content (AvgIpc) is 2.60. The number of hydrogen-bond acceptors (Lipinski definition) is 2. The van der Waals surface area contributed by atoms with Gasteiger partial charge < -0.3 is 5.73 Å². The Hall–Kier alpha value is -0.0800. The summed E-state index contributed by atoms with van der Waals surface area (Å²) in [5.74, 6) is 0. The van der Waals surface area contributed by atoms with Crippen LogP contribution in [0.5, 0.6) is 0 Å². The van der Waals surface area contributed by atoms with Gasteiger partial charge in [-0.25, -0.2) is 0 Å². The van der Waals surface area contributed by atoms with E-state index in [-0.39, 0.29) is 0 Å². The third-order valence-electron chi connectivity index (χ3n) is 4.64. The largest absolute Gasteiger partial charge is 0.329 e. The van der Waals surface area contributed by atoms with Crippen LogP contribution < -0.4 is 5.73 Å². The van der Waals surface area contributed by atoms with E-state index in [9.17, 15) is 0 Å². The first-order valence-electron chi connectivity index (χ1n) is 6.59. The van der Waals surface area contributed by atoms with Crippen LogP contribution in [0, 0.1) is 0 Å². The predicted octanol–water partition coefficient (Wildman–Crippen LogP) is 2.52. The summed E-state index contributed by atoms with van der Waals surface area (Å²) in [7, 11) is 0. The van der Waals surface area contributed by atoms with Gasteiger partial charge >= 0.3 is 0 Å². The SMILES string of the molecule is CC1(C)CCCN1C1(CN)CCCCC1. The molecule has 0 aromatic carbocycles. The van der Waals surface area contributed by atoms with Gasteiger partial charge in [0, 0.05) is 17.6 Å². The molecule has 0 aromatic heterocycles. The molecule has 1 saturated heterocycles. The monoisotopic (exact) mass is 210 g/mol. The Morgan fingerprint density at radius 3 is 2.13 bits per heavy atom. The van der Waals surface area contributed by atoms with Gasteiger partial charge in [0.15, 0.2) is 0 Å². The fourth-order valence-electron chi connectivity index (χ4n) is 3.78. The molecule has 2 nitrogen and oxygen atoms in total. The molecule has 15 heavy (non-hydrogen) atoms. The summed E-state index contributed by atoms with van der Waals surface area (Å²) >= 11 is 0. The molecule has 0 atom stereocenters. The molecule has 1 aliphatic carbocycles. The summed E-state index contributed by atoms with van der Waals surface area (Å²) in [6.07, 6.45) is 9.52. The molecule has 0 radical (unpaired) electrons. The van der Waals surface area contributed by atoms with E-state index in [2.05, 4.69) is 18.7 Å². The Kier molecular flexibility index (Phi) is 3.09. The molecule has 1 aliphatic heterocycles. The highest BCUT2D eigenvalue weighted by Gasteiger charge is 2.45. The van der Waals surface area contributed by atoms with Gasteiger partial charge in [-0.3, -0.25) is 4.90 Å². The molecule has 2 N–H and O–H groups in total. The molecule has 1 heterocycles. The normalized spacial score (nSPS) is 30.6. The van der Waals surface area contributed by atoms with E-state index < -0.39 is 0 Å². The maximum Gasteiger partial charge on any atom is 0.0337 e. The van der Waals surface area contributed by atoms with Crippen molar-refractivity contribution in [2.24, 2.45) is 5.73 Å². The standard InChI is InChI=1S/C13H26N2/c1-12(2)7-6-10-15(12)13(11-14)8-4-3-5-9-13/h3-11,14H2,1-2H3. The second-order valence-corrected chi connectivity index (χ2v) is 6.06. The molecular formula is C13H26N2. The first-order valence-corrected chi connectivity index (χ1v) is 6.59. The van der Waals surface area contributed by atoms with Crippen LogP contribution in [0.3, 0.4) is 0 Å². The summed E-state index contributed by atoms with van der Waals surface area (Å²) < 4.78 is 0. The third kappa shape index (κ3) is 1.94. The van der Waals surface area contributed by atoms with E-state index in [4.69, 9.17) is 5.73 Å². The topological polar surface area (TPSA) is 29.3 Å². The Morgan fingerprint density at radius 1 is 1.00 bits per heavy atom. The van der Waals surface area contributed by atoms with Crippen LogP contribution in [0.1, 0.15) is 58.8 Å². The van der Waals surface area contributed by atoms with Crippen molar-refractivity contribution in [1.29, 1.82) is 0 Å². The molecule has 0 amide bonds. The van der Waals surface area contributed by atoms with Crippen LogP contribution in [-0.2, 0) is 0 Å². The molecule has 2 fully saturated rings. The van der Waals surface area contributed by atoms with Crippen LogP contribution in [-0.4, -0.2) is 29.1 Å². The van der Waals surface area contributed by atoms with E-state index in [0.717, 1.165) is 6.54 Å². The number of likely N-dealkylation sites (tertiary alicyclic amines) is 1. The molecule has 1 saturated carbocycles. The predicted molar refractivity (Wildman–Crippen MR) is 64.9 cm³/mol. The van der Waals surface area contributed by atoms with E-state index in [1.807, 2.05) is 0 Å². The van der Waals surface area contributed by atoms with Crippen LogP contribution in [0.2, 0.25) is 0 Å². The summed E-state index contributed by atoms with van der Waals surface area (Å²) in [4.78, 5) is 2.74. The summed E-state index contributed by atoms with van der Waals surface area (Å²) in [5.41, 5.74) is 6.83. The summed E-state index contributed by atoms with van der Waals surface area (Å²) in [6.45, 7) is 6.92. The van der Waals surface area contributed by atoms with Crippen LogP contribution in [0.25, 0.3) is 0 Å². The highest BCUT2D eigenvalue weighted by atomic mass is 15.3. The van der Waals surface area contributed by atoms with Crippen molar-refractivity contribution in [3.63, 3.8) is 0 Å². The molecule has 0 unspecified atom stereocenters. The molecule has 2 rings (SSSR count). The van der Waals surface area contributed by atoms with Gasteiger partial charge in [0.1, 0.15) is 0 Å². The zero-order valence-corrected chi connectivity index (χ0v) is 10.4. The fourth-order valence-corrected chi connectivity index (χ4v) is 3.78. The minimum Gasteiger partial charge on any atom is -0.329 e. The van der Waals surface area contributed by atoms with E-state index in [1.165, 1.54) is 51.5 Å². The van der Waals surface area contributed by atoms with Crippen molar-refractivity contribution in [2.45, 2.75) is 69.9 Å². The molecule has 88 valence electrons. The van der Waals surface area contributed by atoms with Crippen molar-refractivity contribution in [3.8, 4) is 0 Å². The van der Waals surface area contributed by atoms with E-state index in [0.29, 0.717) is 11.1 Å². The summed E-state index contributed by atoms with van der Waals surface area (Å²) in [5, 5.41) is 0. The van der Waals surface area contributed by atoms with E-state index >= 15 is 0 Å². The first kappa shape index (κ1) is 11.4. The quantitative estimate of drug-likeness (QED) is 0.759. The lowest BCUT2D eigenvalue weighted by atomic mass is 9.78. The fraction of sp³-hybridized carbons (Fsp3) is 1.00. The Morgan fingerprint density at radius 2 is 1.67 bits per heavy atom. The van der Waals surface area contributed by atoms with Crippen molar-refractivity contribution >= 4 is 0 Å². The van der Waals surface area contributed by atoms with Gasteiger partial charge in [0.25, 0.3) is 0 Å². The molecule has 0 spiro atoms. The Bertz CT molecular complexity index is 217. The first-order chi connectivity index (χ1) is 7.11. The lowest BCUT2D eigenvalue weighted by Crippen LogP contribution is -2.59. The van der Waals surface area contributed by atoms with Gasteiger partial charge in [0.2, 0.25) is 0 Å². The summed E-state index contributed by atoms with van der Waals surface area (Å²) in [6, 6.07) is 0. The van der Waals surface area contributed by atoms with Crippen molar-refractivity contribution in [1.82, 2.24) is 4.90 Å². The lowest BCUT2D eigenvalue weighted by molar-refractivity contribution is 0.00800. The average molecular weight is 210 g/mol. The Balaban J connectivity index is 2.17. The molecule has 2 aliphatic rings. The maximum absolute atomic E-state index is 6.10. The van der Waals surface area contributed by atoms with Crippen LogP contribution in [0.15, 0.2) is 0 Å². The number of rotatable bonds is 2. The van der Waals surface area contributed by atoms with Crippen LogP contribution >= 0.6 is 0 Å².